The summed E-state index contributed by atoms with van der Waals surface area (Å²) in [5, 5.41) is 3.25. The van der Waals surface area contributed by atoms with Gasteiger partial charge in [0.25, 0.3) is 0 Å². The molecule has 1 N–H and O–H groups in total. The number of rotatable bonds is 7. The zero-order chi connectivity index (χ0) is 18.4. The Labute approximate surface area is 156 Å². The lowest BCUT2D eigenvalue weighted by Crippen LogP contribution is -2.45. The Hall–Kier alpha value is -1.73. The van der Waals surface area contributed by atoms with Gasteiger partial charge in [-0.2, -0.15) is 11.8 Å². The summed E-state index contributed by atoms with van der Waals surface area (Å²) in [7, 11) is 1.29. The van der Waals surface area contributed by atoms with E-state index in [2.05, 4.69) is 5.32 Å². The van der Waals surface area contributed by atoms with Crippen LogP contribution in [0.15, 0.2) is 24.3 Å². The molecule has 1 aliphatic heterocycles. The minimum Gasteiger partial charge on any atom is -0.467 e. The van der Waals surface area contributed by atoms with E-state index in [9.17, 15) is 14.4 Å². The van der Waals surface area contributed by atoms with E-state index in [-0.39, 0.29) is 24.8 Å². The fraction of sp³-hybridized carbons (Fsp3) is 0.471. The van der Waals surface area contributed by atoms with Gasteiger partial charge in [-0.3, -0.25) is 9.59 Å². The number of ether oxygens (including phenoxy) is 1. The fourth-order valence-electron chi connectivity index (χ4n) is 2.69. The third-order valence-electron chi connectivity index (χ3n) is 4.03. The molecule has 1 fully saturated rings. The van der Waals surface area contributed by atoms with E-state index in [4.69, 9.17) is 16.3 Å². The van der Waals surface area contributed by atoms with E-state index >= 15 is 0 Å². The smallest absolute Gasteiger partial charge is 0.328 e. The average Bonchev–Trinajstić information content (AvgIpc) is 2.99. The number of thioether (sulfide) groups is 1. The van der Waals surface area contributed by atoms with Crippen LogP contribution in [0.3, 0.4) is 0 Å². The molecule has 0 aliphatic carbocycles. The molecule has 1 aromatic rings. The molecule has 1 saturated heterocycles. The SMILES string of the molecule is COC(=O)[C@H](CCSC)NC(=O)[C@@H]1CC(=O)N(c2cccc(Cl)c2)C1. The first kappa shape index (κ1) is 19.6. The summed E-state index contributed by atoms with van der Waals surface area (Å²) in [5.74, 6) is -0.708. The summed E-state index contributed by atoms with van der Waals surface area (Å²) in [4.78, 5) is 38.1. The van der Waals surface area contributed by atoms with E-state index in [1.54, 1.807) is 40.9 Å². The Balaban J connectivity index is 2.02. The van der Waals surface area contributed by atoms with Crippen LogP contribution in [0, 0.1) is 5.92 Å². The summed E-state index contributed by atoms with van der Waals surface area (Å²) in [6.07, 6.45) is 2.52. The van der Waals surface area contributed by atoms with Gasteiger partial charge in [0.2, 0.25) is 11.8 Å². The van der Waals surface area contributed by atoms with Crippen molar-refractivity contribution in [3.8, 4) is 0 Å². The van der Waals surface area contributed by atoms with Crippen molar-refractivity contribution in [2.24, 2.45) is 5.92 Å². The topological polar surface area (TPSA) is 75.7 Å². The second kappa shape index (κ2) is 9.10. The number of nitrogens with zero attached hydrogens (tertiary/aromatic N) is 1. The number of nitrogens with one attached hydrogen (secondary N) is 1. The molecule has 2 amide bonds. The molecule has 0 saturated carbocycles. The molecule has 1 heterocycles. The lowest BCUT2D eigenvalue weighted by Gasteiger charge is -2.19. The van der Waals surface area contributed by atoms with Gasteiger partial charge in [-0.25, -0.2) is 4.79 Å². The first-order valence-electron chi connectivity index (χ1n) is 7.89. The van der Waals surface area contributed by atoms with Crippen LogP contribution < -0.4 is 10.2 Å². The number of benzene rings is 1. The normalized spacial score (nSPS) is 18.1. The molecule has 1 aliphatic rings. The molecule has 1 aromatic carbocycles. The van der Waals surface area contributed by atoms with Gasteiger partial charge < -0.3 is 15.0 Å². The molecule has 8 heteroatoms. The van der Waals surface area contributed by atoms with Gasteiger partial charge in [-0.15, -0.1) is 0 Å². The summed E-state index contributed by atoms with van der Waals surface area (Å²) < 4.78 is 4.74. The monoisotopic (exact) mass is 384 g/mol. The Morgan fingerprint density at radius 3 is 2.88 bits per heavy atom. The molecule has 2 rings (SSSR count). The summed E-state index contributed by atoms with van der Waals surface area (Å²) in [5.41, 5.74) is 0.666. The first-order chi connectivity index (χ1) is 12.0. The maximum Gasteiger partial charge on any atom is 0.328 e. The fourth-order valence-corrected chi connectivity index (χ4v) is 3.35. The maximum absolute atomic E-state index is 12.5. The van der Waals surface area contributed by atoms with Gasteiger partial charge in [0, 0.05) is 23.7 Å². The van der Waals surface area contributed by atoms with Crippen LogP contribution in [-0.4, -0.2) is 49.5 Å². The van der Waals surface area contributed by atoms with E-state index in [0.29, 0.717) is 17.1 Å². The van der Waals surface area contributed by atoms with Crippen LogP contribution >= 0.6 is 23.4 Å². The number of esters is 1. The Bertz CT molecular complexity index is 655. The van der Waals surface area contributed by atoms with Crippen molar-refractivity contribution in [1.29, 1.82) is 0 Å². The van der Waals surface area contributed by atoms with Crippen LogP contribution in [0.1, 0.15) is 12.8 Å². The number of carbonyl (C=O) groups excluding carboxylic acids is 3. The van der Waals surface area contributed by atoms with E-state index < -0.39 is 17.9 Å². The number of halogens is 1. The zero-order valence-corrected chi connectivity index (χ0v) is 15.7. The van der Waals surface area contributed by atoms with Crippen LogP contribution in [0.25, 0.3) is 0 Å². The molecule has 2 atom stereocenters. The molecule has 0 radical (unpaired) electrons. The standard InChI is InChI=1S/C17H21ClN2O4S/c1-24-17(23)14(6-7-25-2)19-16(22)11-8-15(21)20(10-11)13-5-3-4-12(18)9-13/h3-5,9,11,14H,6-8,10H2,1-2H3,(H,19,22)/t11-,14+/m1/s1. The number of carbonyl (C=O) groups is 3. The van der Waals surface area contributed by atoms with Crippen molar-refractivity contribution in [2.45, 2.75) is 18.9 Å². The first-order valence-corrected chi connectivity index (χ1v) is 9.66. The number of amides is 2. The highest BCUT2D eigenvalue weighted by atomic mass is 35.5. The second-order valence-corrected chi connectivity index (χ2v) is 7.17. The largest absolute Gasteiger partial charge is 0.467 e. The van der Waals surface area contributed by atoms with Crippen molar-refractivity contribution in [2.75, 3.05) is 30.6 Å². The van der Waals surface area contributed by atoms with Crippen LogP contribution in [-0.2, 0) is 19.1 Å². The Morgan fingerprint density at radius 1 is 1.48 bits per heavy atom. The van der Waals surface area contributed by atoms with Gasteiger partial charge in [0.05, 0.1) is 13.0 Å². The van der Waals surface area contributed by atoms with Gasteiger partial charge >= 0.3 is 5.97 Å². The lowest BCUT2D eigenvalue weighted by atomic mass is 10.1. The van der Waals surface area contributed by atoms with Crippen molar-refractivity contribution in [1.82, 2.24) is 5.32 Å². The van der Waals surface area contributed by atoms with Crippen molar-refractivity contribution in [3.63, 3.8) is 0 Å². The molecule has 25 heavy (non-hydrogen) atoms. The van der Waals surface area contributed by atoms with Crippen molar-refractivity contribution < 1.29 is 19.1 Å². The molecule has 0 spiro atoms. The second-order valence-electron chi connectivity index (χ2n) is 5.75. The van der Waals surface area contributed by atoms with Crippen molar-refractivity contribution >= 4 is 46.8 Å². The van der Waals surface area contributed by atoms with Gasteiger partial charge in [0.15, 0.2) is 0 Å². The zero-order valence-electron chi connectivity index (χ0n) is 14.2. The van der Waals surface area contributed by atoms with Crippen LogP contribution in [0.2, 0.25) is 5.02 Å². The van der Waals surface area contributed by atoms with Gasteiger partial charge in [-0.05, 0) is 36.6 Å². The molecule has 0 bridgehead atoms. The molecule has 136 valence electrons. The third kappa shape index (κ3) is 5.12. The summed E-state index contributed by atoms with van der Waals surface area (Å²) in [6.45, 7) is 0.265. The number of hydrogen-bond donors (Lipinski definition) is 1. The highest BCUT2D eigenvalue weighted by Gasteiger charge is 2.36. The van der Waals surface area contributed by atoms with Crippen LogP contribution in [0.5, 0.6) is 0 Å². The van der Waals surface area contributed by atoms with E-state index in [1.807, 2.05) is 6.26 Å². The molecular formula is C17H21ClN2O4S. The minimum atomic E-state index is -0.694. The quantitative estimate of drug-likeness (QED) is 0.728. The number of methoxy groups -OCH3 is 1. The Kier molecular flexibility index (Phi) is 7.13. The predicted molar refractivity (Wildman–Crippen MR) is 98.9 cm³/mol. The van der Waals surface area contributed by atoms with Gasteiger partial charge in [0.1, 0.15) is 6.04 Å². The number of hydrogen-bond acceptors (Lipinski definition) is 5. The lowest BCUT2D eigenvalue weighted by molar-refractivity contribution is -0.145. The van der Waals surface area contributed by atoms with E-state index in [1.165, 1.54) is 7.11 Å². The minimum absolute atomic E-state index is 0.106. The predicted octanol–water partition coefficient (Wildman–Crippen LogP) is 2.10. The van der Waals surface area contributed by atoms with Gasteiger partial charge in [-0.1, -0.05) is 17.7 Å². The third-order valence-corrected chi connectivity index (χ3v) is 4.91. The van der Waals surface area contributed by atoms with Crippen molar-refractivity contribution in [3.05, 3.63) is 29.3 Å². The molecule has 0 aromatic heterocycles. The summed E-state index contributed by atoms with van der Waals surface area (Å²) in [6, 6.07) is 6.26. The number of anilines is 1. The summed E-state index contributed by atoms with van der Waals surface area (Å²) >= 11 is 7.55. The molecular weight excluding hydrogens is 364 g/mol. The maximum atomic E-state index is 12.5. The highest BCUT2D eigenvalue weighted by molar-refractivity contribution is 7.98. The van der Waals surface area contributed by atoms with E-state index in [0.717, 1.165) is 5.75 Å². The Morgan fingerprint density at radius 2 is 2.24 bits per heavy atom. The average molecular weight is 385 g/mol. The highest BCUT2D eigenvalue weighted by Crippen LogP contribution is 2.27. The van der Waals surface area contributed by atoms with Crippen LogP contribution in [0.4, 0.5) is 5.69 Å². The molecule has 6 nitrogen and oxygen atoms in total. The molecule has 0 unspecified atom stereocenters.